The predicted octanol–water partition coefficient (Wildman–Crippen LogP) is 1.86. The van der Waals surface area contributed by atoms with Crippen molar-refractivity contribution in [2.24, 2.45) is 5.41 Å². The zero-order chi connectivity index (χ0) is 11.8. The van der Waals surface area contributed by atoms with E-state index < -0.39 is 5.60 Å². The fourth-order valence-electron chi connectivity index (χ4n) is 2.07. The molecule has 2 aliphatic rings. The lowest BCUT2D eigenvalue weighted by atomic mass is 9.89. The summed E-state index contributed by atoms with van der Waals surface area (Å²) in [5.74, 6) is 2.36. The molecule has 2 heterocycles. The predicted molar refractivity (Wildman–Crippen MR) is 65.3 cm³/mol. The molecule has 1 atom stereocenters. The second-order valence-electron chi connectivity index (χ2n) is 5.70. The topological polar surface area (TPSA) is 41.6 Å². The lowest BCUT2D eigenvalue weighted by Crippen LogP contribution is -2.41. The van der Waals surface area contributed by atoms with Gasteiger partial charge in [-0.1, -0.05) is 0 Å². The molecule has 1 amide bonds. The number of hydrogen-bond donors (Lipinski definition) is 1. The van der Waals surface area contributed by atoms with Crippen LogP contribution in [0, 0.1) is 5.41 Å². The van der Waals surface area contributed by atoms with Gasteiger partial charge in [-0.05, 0) is 32.9 Å². The molecule has 4 nitrogen and oxygen atoms in total. The molecule has 1 spiro atoms. The van der Waals surface area contributed by atoms with E-state index >= 15 is 0 Å². The van der Waals surface area contributed by atoms with Crippen molar-refractivity contribution in [1.29, 1.82) is 0 Å². The normalized spacial score (nSPS) is 30.1. The Labute approximate surface area is 101 Å². The molecule has 0 aromatic rings. The fourth-order valence-corrected chi connectivity index (χ4v) is 3.56. The molecule has 1 N–H and O–H groups in total. The van der Waals surface area contributed by atoms with Crippen molar-refractivity contribution in [3.8, 4) is 0 Å². The van der Waals surface area contributed by atoms with Crippen molar-refractivity contribution in [2.75, 3.05) is 24.6 Å². The summed E-state index contributed by atoms with van der Waals surface area (Å²) in [5, 5.41) is 1.64. The maximum Gasteiger partial charge on any atom is 0.424 e. The van der Waals surface area contributed by atoms with Crippen LogP contribution >= 0.6 is 11.8 Å². The molecule has 2 rings (SSSR count). The van der Waals surface area contributed by atoms with Crippen molar-refractivity contribution in [1.82, 2.24) is 10.4 Å². The summed E-state index contributed by atoms with van der Waals surface area (Å²) in [6.07, 6.45) is 0.950. The van der Waals surface area contributed by atoms with E-state index in [2.05, 4.69) is 5.43 Å². The number of carbonyl (C=O) groups is 1. The van der Waals surface area contributed by atoms with Crippen molar-refractivity contribution in [3.05, 3.63) is 0 Å². The Balaban J connectivity index is 1.91. The van der Waals surface area contributed by atoms with Gasteiger partial charge in [0.2, 0.25) is 0 Å². The SMILES string of the molecule is CC(C)(C)OC(=O)N1CC2(CCSC2)CN1. The number of thioether (sulfide) groups is 1. The van der Waals surface area contributed by atoms with E-state index in [0.29, 0.717) is 5.41 Å². The van der Waals surface area contributed by atoms with Crippen LogP contribution in [0.5, 0.6) is 0 Å². The molecule has 2 aliphatic heterocycles. The number of hydrogen-bond acceptors (Lipinski definition) is 4. The summed E-state index contributed by atoms with van der Waals surface area (Å²) in [5.41, 5.74) is 3.03. The standard InChI is InChI=1S/C11H20N2O2S/c1-10(2,3)15-9(14)13-7-11(6-12-13)4-5-16-8-11/h12H,4-8H2,1-3H3. The third-order valence-corrected chi connectivity index (χ3v) is 4.25. The van der Waals surface area contributed by atoms with Gasteiger partial charge in [0.25, 0.3) is 0 Å². The maximum absolute atomic E-state index is 11.8. The first kappa shape index (κ1) is 12.0. The Morgan fingerprint density at radius 2 is 2.25 bits per heavy atom. The highest BCUT2D eigenvalue weighted by Crippen LogP contribution is 2.38. The fraction of sp³-hybridized carbons (Fsp3) is 0.909. The summed E-state index contributed by atoms with van der Waals surface area (Å²) in [7, 11) is 0. The molecule has 5 heteroatoms. The van der Waals surface area contributed by atoms with Gasteiger partial charge in [-0.25, -0.2) is 15.2 Å². The molecule has 0 saturated carbocycles. The van der Waals surface area contributed by atoms with Crippen LogP contribution < -0.4 is 5.43 Å². The Hall–Kier alpha value is -0.420. The highest BCUT2D eigenvalue weighted by Gasteiger charge is 2.43. The highest BCUT2D eigenvalue weighted by molar-refractivity contribution is 7.99. The summed E-state index contributed by atoms with van der Waals surface area (Å²) in [4.78, 5) is 11.8. The minimum atomic E-state index is -0.418. The molecule has 0 bridgehead atoms. The second kappa shape index (κ2) is 4.11. The van der Waals surface area contributed by atoms with Gasteiger partial charge in [0.1, 0.15) is 5.60 Å². The minimum Gasteiger partial charge on any atom is -0.443 e. The largest absolute Gasteiger partial charge is 0.443 e. The highest BCUT2D eigenvalue weighted by atomic mass is 32.2. The van der Waals surface area contributed by atoms with E-state index in [1.807, 2.05) is 32.5 Å². The van der Waals surface area contributed by atoms with Gasteiger partial charge in [-0.3, -0.25) is 0 Å². The Kier molecular flexibility index (Phi) is 3.09. The molecule has 2 saturated heterocycles. The van der Waals surface area contributed by atoms with Crippen LogP contribution in [0.1, 0.15) is 27.2 Å². The number of carbonyl (C=O) groups excluding carboxylic acids is 1. The molecule has 92 valence electrons. The summed E-state index contributed by atoms with van der Waals surface area (Å²) in [6.45, 7) is 7.36. The van der Waals surface area contributed by atoms with Crippen LogP contribution in [0.15, 0.2) is 0 Å². The number of ether oxygens (including phenoxy) is 1. The van der Waals surface area contributed by atoms with E-state index in [-0.39, 0.29) is 6.09 Å². The molecule has 0 aromatic heterocycles. The van der Waals surface area contributed by atoms with Crippen LogP contribution in [0.25, 0.3) is 0 Å². The van der Waals surface area contributed by atoms with Crippen LogP contribution in [-0.4, -0.2) is 41.3 Å². The first-order chi connectivity index (χ1) is 7.40. The smallest absolute Gasteiger partial charge is 0.424 e. The van der Waals surface area contributed by atoms with Crippen molar-refractivity contribution in [2.45, 2.75) is 32.8 Å². The minimum absolute atomic E-state index is 0.249. The van der Waals surface area contributed by atoms with Gasteiger partial charge in [-0.15, -0.1) is 0 Å². The maximum atomic E-state index is 11.8. The Bertz CT molecular complexity index is 282. The second-order valence-corrected chi connectivity index (χ2v) is 6.81. The van der Waals surface area contributed by atoms with Crippen LogP contribution in [0.2, 0.25) is 0 Å². The lowest BCUT2D eigenvalue weighted by Gasteiger charge is -2.25. The van der Waals surface area contributed by atoms with E-state index in [1.54, 1.807) is 5.01 Å². The van der Waals surface area contributed by atoms with Crippen LogP contribution in [0.4, 0.5) is 4.79 Å². The number of amides is 1. The van der Waals surface area contributed by atoms with Gasteiger partial charge in [-0.2, -0.15) is 11.8 Å². The number of rotatable bonds is 0. The van der Waals surface area contributed by atoms with Crippen LogP contribution in [0.3, 0.4) is 0 Å². The third kappa shape index (κ3) is 2.63. The monoisotopic (exact) mass is 244 g/mol. The van der Waals surface area contributed by atoms with Crippen LogP contribution in [-0.2, 0) is 4.74 Å². The molecular formula is C11H20N2O2S. The van der Waals surface area contributed by atoms with Crippen molar-refractivity contribution in [3.63, 3.8) is 0 Å². The lowest BCUT2D eigenvalue weighted by molar-refractivity contribution is 0.0196. The van der Waals surface area contributed by atoms with Crippen molar-refractivity contribution < 1.29 is 9.53 Å². The summed E-state index contributed by atoms with van der Waals surface area (Å²) >= 11 is 1.98. The van der Waals surface area contributed by atoms with E-state index in [4.69, 9.17) is 4.74 Å². The number of hydrazine groups is 1. The van der Waals surface area contributed by atoms with E-state index in [9.17, 15) is 4.79 Å². The average molecular weight is 244 g/mol. The summed E-state index contributed by atoms with van der Waals surface area (Å²) < 4.78 is 5.34. The average Bonchev–Trinajstić information content (AvgIpc) is 2.74. The first-order valence-corrected chi connectivity index (χ1v) is 6.88. The molecule has 1 unspecified atom stereocenters. The molecule has 0 aromatic carbocycles. The van der Waals surface area contributed by atoms with Gasteiger partial charge < -0.3 is 4.74 Å². The van der Waals surface area contributed by atoms with Gasteiger partial charge in [0.05, 0.1) is 0 Å². The summed E-state index contributed by atoms with van der Waals surface area (Å²) in [6, 6.07) is 0. The quantitative estimate of drug-likeness (QED) is 0.706. The molecule has 16 heavy (non-hydrogen) atoms. The number of nitrogens with one attached hydrogen (secondary N) is 1. The zero-order valence-corrected chi connectivity index (χ0v) is 11.0. The third-order valence-electron chi connectivity index (χ3n) is 2.94. The Morgan fingerprint density at radius 1 is 1.50 bits per heavy atom. The van der Waals surface area contributed by atoms with Crippen molar-refractivity contribution >= 4 is 17.9 Å². The van der Waals surface area contributed by atoms with Gasteiger partial charge in [0.15, 0.2) is 0 Å². The van der Waals surface area contributed by atoms with Gasteiger partial charge in [0, 0.05) is 24.3 Å². The van der Waals surface area contributed by atoms with E-state index in [0.717, 1.165) is 18.8 Å². The molecule has 0 radical (unpaired) electrons. The molecular weight excluding hydrogens is 224 g/mol. The van der Waals surface area contributed by atoms with E-state index in [1.165, 1.54) is 12.2 Å². The van der Waals surface area contributed by atoms with Gasteiger partial charge >= 0.3 is 6.09 Å². The number of nitrogens with zero attached hydrogens (tertiary/aromatic N) is 1. The molecule has 2 fully saturated rings. The zero-order valence-electron chi connectivity index (χ0n) is 10.2. The Morgan fingerprint density at radius 3 is 2.81 bits per heavy atom. The molecule has 0 aliphatic carbocycles. The first-order valence-electron chi connectivity index (χ1n) is 5.72.